The van der Waals surface area contributed by atoms with E-state index in [1.165, 1.54) is 23.7 Å². The molecule has 1 fully saturated rings. The second-order valence-corrected chi connectivity index (χ2v) is 9.20. The predicted molar refractivity (Wildman–Crippen MR) is 133 cm³/mol. The smallest absolute Gasteiger partial charge is 0.366 e. The minimum Gasteiger partial charge on any atom is -0.366 e. The highest BCUT2D eigenvalue weighted by Gasteiger charge is 2.32. The Morgan fingerprint density at radius 2 is 1.82 bits per heavy atom. The zero-order chi connectivity index (χ0) is 28.1. The quantitative estimate of drug-likeness (QED) is 0.371. The number of hydrogen-bond acceptors (Lipinski definition) is 6. The van der Waals surface area contributed by atoms with Crippen LogP contribution in [0.1, 0.15) is 22.7 Å². The lowest BCUT2D eigenvalue weighted by Gasteiger charge is -2.22. The summed E-state index contributed by atoms with van der Waals surface area (Å²) in [4.78, 5) is 31.6. The summed E-state index contributed by atoms with van der Waals surface area (Å²) in [6, 6.07) is 7.91. The number of aryl methyl sites for hydroxylation is 1. The van der Waals surface area contributed by atoms with Crippen LogP contribution in [0.15, 0.2) is 47.3 Å². The van der Waals surface area contributed by atoms with Gasteiger partial charge in [0.05, 0.1) is 16.9 Å². The number of hydrogen-bond donors (Lipinski definition) is 2. The topological polar surface area (TPSA) is 111 Å². The van der Waals surface area contributed by atoms with Crippen molar-refractivity contribution in [1.82, 2.24) is 19.3 Å². The molecule has 14 heteroatoms. The van der Waals surface area contributed by atoms with Crippen LogP contribution < -0.4 is 21.5 Å². The summed E-state index contributed by atoms with van der Waals surface area (Å²) in [6.07, 6.45) is -5.10. The van der Waals surface area contributed by atoms with Gasteiger partial charge in [0.1, 0.15) is 29.1 Å². The molecule has 0 unspecified atom stereocenters. The van der Waals surface area contributed by atoms with E-state index in [0.717, 1.165) is 30.3 Å². The molecule has 2 aromatic carbocycles. The molecule has 1 amide bonds. The number of carbonyl (C=O) groups excluding carboxylic acids is 1. The van der Waals surface area contributed by atoms with Crippen LogP contribution in [0.25, 0.3) is 16.7 Å². The van der Waals surface area contributed by atoms with Crippen molar-refractivity contribution in [2.24, 2.45) is 12.8 Å². The van der Waals surface area contributed by atoms with Gasteiger partial charge in [-0.1, -0.05) is 6.07 Å². The van der Waals surface area contributed by atoms with Gasteiger partial charge in [-0.05, 0) is 36.8 Å². The van der Waals surface area contributed by atoms with Crippen molar-refractivity contribution in [3.05, 3.63) is 76.0 Å². The Balaban J connectivity index is 1.57. The first-order chi connectivity index (χ1) is 18.4. The predicted octanol–water partition coefficient (Wildman–Crippen LogP) is 3.29. The summed E-state index contributed by atoms with van der Waals surface area (Å²) >= 11 is 0. The number of halogens is 5. The van der Waals surface area contributed by atoms with Crippen LogP contribution in [-0.4, -0.2) is 50.5 Å². The summed E-state index contributed by atoms with van der Waals surface area (Å²) < 4.78 is 69.9. The maximum absolute atomic E-state index is 14.3. The molecule has 5 rings (SSSR count). The van der Waals surface area contributed by atoms with Gasteiger partial charge in [0.2, 0.25) is 0 Å². The van der Waals surface area contributed by atoms with Crippen molar-refractivity contribution in [2.75, 3.05) is 23.3 Å². The van der Waals surface area contributed by atoms with Crippen LogP contribution in [0, 0.1) is 11.6 Å². The number of aromatic nitrogens is 4. The summed E-state index contributed by atoms with van der Waals surface area (Å²) in [6.45, 7) is 0.854. The van der Waals surface area contributed by atoms with Crippen molar-refractivity contribution in [3.8, 4) is 5.69 Å². The minimum absolute atomic E-state index is 0.192. The molecule has 1 aliphatic heterocycles. The number of benzene rings is 2. The van der Waals surface area contributed by atoms with Gasteiger partial charge >= 0.3 is 6.18 Å². The zero-order valence-corrected chi connectivity index (χ0v) is 20.5. The maximum atomic E-state index is 14.3. The third kappa shape index (κ3) is 5.06. The molecule has 0 radical (unpaired) electrons. The fourth-order valence-electron chi connectivity index (χ4n) is 4.61. The number of fused-ring (bicyclic) bond motifs is 1. The number of alkyl halides is 3. The lowest BCUT2D eigenvalue weighted by Crippen LogP contribution is -2.28. The Bertz CT molecular complexity index is 1630. The third-order valence-corrected chi connectivity index (χ3v) is 6.45. The number of carbonyl (C=O) groups is 1. The minimum atomic E-state index is -4.48. The summed E-state index contributed by atoms with van der Waals surface area (Å²) in [5.41, 5.74) is 5.40. The second kappa shape index (κ2) is 9.76. The molecule has 1 saturated heterocycles. The summed E-state index contributed by atoms with van der Waals surface area (Å²) in [5, 5.41) is 6.51. The number of nitrogens with zero attached hydrogens (tertiary/aromatic N) is 5. The fourth-order valence-corrected chi connectivity index (χ4v) is 4.61. The summed E-state index contributed by atoms with van der Waals surface area (Å²) in [7, 11) is 1.48. The number of nitrogens with two attached hydrogens (primary N) is 1. The molecule has 1 atom stereocenters. The standard InChI is InChI=1S/C25H22F5N7O2/c1-35-18-7-5-16(23(36-10-9-13(31)12-36)21(18)33-19(35)11-25(28,29)30)32-24(39)17-6-8-20(38)37(34-17)22-14(26)3-2-4-15(22)27/h2-8,13H,9-12,31H2,1H3,(H,32,39)/t13-/m1/s1. The SMILES string of the molecule is Cn1c(CC(F)(F)F)nc2c(N3CC[C@@H](N)C3)c(NC(=O)c3ccc(=O)n(-c4c(F)cccc4F)n3)ccc21. The molecular weight excluding hydrogens is 525 g/mol. The molecule has 4 aromatic rings. The molecule has 204 valence electrons. The molecule has 3 N–H and O–H groups in total. The Morgan fingerprint density at radius 1 is 1.10 bits per heavy atom. The van der Waals surface area contributed by atoms with Gasteiger partial charge in [0.15, 0.2) is 11.6 Å². The molecule has 39 heavy (non-hydrogen) atoms. The molecule has 0 saturated carbocycles. The normalized spacial score (nSPS) is 15.8. The van der Waals surface area contributed by atoms with Gasteiger partial charge in [-0.25, -0.2) is 13.8 Å². The number of para-hydroxylation sites is 1. The van der Waals surface area contributed by atoms with Crippen LogP contribution in [0.5, 0.6) is 0 Å². The number of amides is 1. The number of anilines is 2. The van der Waals surface area contributed by atoms with E-state index in [1.807, 2.05) is 4.90 Å². The van der Waals surface area contributed by atoms with E-state index in [2.05, 4.69) is 15.4 Å². The first-order valence-electron chi connectivity index (χ1n) is 11.8. The van der Waals surface area contributed by atoms with Gasteiger partial charge < -0.3 is 20.5 Å². The van der Waals surface area contributed by atoms with E-state index in [-0.39, 0.29) is 28.8 Å². The van der Waals surface area contributed by atoms with Gasteiger partial charge in [-0.2, -0.15) is 23.0 Å². The van der Waals surface area contributed by atoms with Gasteiger partial charge in [0, 0.05) is 32.2 Å². The van der Waals surface area contributed by atoms with Crippen molar-refractivity contribution in [1.29, 1.82) is 0 Å². The molecule has 9 nitrogen and oxygen atoms in total. The van der Waals surface area contributed by atoms with E-state index < -0.39 is 41.4 Å². The Kier molecular flexibility index (Phi) is 6.58. The van der Waals surface area contributed by atoms with Gasteiger partial charge in [-0.3, -0.25) is 9.59 Å². The van der Waals surface area contributed by atoms with Crippen LogP contribution in [-0.2, 0) is 13.5 Å². The first kappa shape index (κ1) is 26.3. The van der Waals surface area contributed by atoms with Crippen LogP contribution in [0.3, 0.4) is 0 Å². The lowest BCUT2D eigenvalue weighted by molar-refractivity contribution is -0.128. The molecular formula is C25H22F5N7O2. The van der Waals surface area contributed by atoms with E-state index in [9.17, 15) is 31.5 Å². The van der Waals surface area contributed by atoms with Crippen molar-refractivity contribution < 1.29 is 26.7 Å². The van der Waals surface area contributed by atoms with E-state index >= 15 is 0 Å². The molecule has 0 bridgehead atoms. The van der Waals surface area contributed by atoms with Gasteiger partial charge in [0.25, 0.3) is 11.5 Å². The van der Waals surface area contributed by atoms with E-state index in [4.69, 9.17) is 5.73 Å². The second-order valence-electron chi connectivity index (χ2n) is 9.20. The fraction of sp³-hybridized carbons (Fsp3) is 0.280. The lowest BCUT2D eigenvalue weighted by atomic mass is 10.2. The molecule has 3 heterocycles. The number of imidazole rings is 1. The Hall–Kier alpha value is -4.33. The average molecular weight is 547 g/mol. The number of nitrogens with one attached hydrogen (secondary N) is 1. The van der Waals surface area contributed by atoms with Crippen LogP contribution in [0.4, 0.5) is 33.3 Å². The summed E-state index contributed by atoms with van der Waals surface area (Å²) in [5.74, 6) is -3.13. The van der Waals surface area contributed by atoms with Crippen molar-refractivity contribution in [3.63, 3.8) is 0 Å². The van der Waals surface area contributed by atoms with Crippen LogP contribution in [0.2, 0.25) is 0 Å². The Labute approximate surface area is 217 Å². The third-order valence-electron chi connectivity index (χ3n) is 6.45. The van der Waals surface area contributed by atoms with Crippen molar-refractivity contribution in [2.45, 2.75) is 25.1 Å². The monoisotopic (exact) mass is 547 g/mol. The number of rotatable bonds is 5. The molecule has 2 aromatic heterocycles. The highest BCUT2D eigenvalue weighted by atomic mass is 19.4. The highest BCUT2D eigenvalue weighted by Crippen LogP contribution is 2.37. The van der Waals surface area contributed by atoms with E-state index in [0.29, 0.717) is 35.4 Å². The molecule has 0 aliphatic carbocycles. The zero-order valence-electron chi connectivity index (χ0n) is 20.5. The molecule has 1 aliphatic rings. The van der Waals surface area contributed by atoms with E-state index in [1.54, 1.807) is 0 Å². The average Bonchev–Trinajstić information content (AvgIpc) is 3.41. The molecule has 0 spiro atoms. The maximum Gasteiger partial charge on any atom is 0.396 e. The highest BCUT2D eigenvalue weighted by molar-refractivity contribution is 6.08. The van der Waals surface area contributed by atoms with Crippen LogP contribution >= 0.6 is 0 Å². The van der Waals surface area contributed by atoms with Crippen molar-refractivity contribution >= 4 is 28.3 Å². The van der Waals surface area contributed by atoms with Gasteiger partial charge in [-0.15, -0.1) is 0 Å². The Morgan fingerprint density at radius 3 is 2.46 bits per heavy atom. The first-order valence-corrected chi connectivity index (χ1v) is 11.8. The largest absolute Gasteiger partial charge is 0.396 e.